The van der Waals surface area contributed by atoms with E-state index >= 15 is 0 Å². The minimum absolute atomic E-state index is 0.0983. The number of aromatic nitrogens is 4. The number of hydrogen-bond donors (Lipinski definition) is 2. The zero-order chi connectivity index (χ0) is 22.4. The first-order chi connectivity index (χ1) is 15.4. The summed E-state index contributed by atoms with van der Waals surface area (Å²) in [6.45, 7) is 2.66. The summed E-state index contributed by atoms with van der Waals surface area (Å²) in [6.07, 6.45) is 2.65. The molecule has 1 aliphatic rings. The maximum Gasteiger partial charge on any atom is 0.329 e. The molecule has 0 spiro atoms. The number of likely N-dealkylation sites (tertiary alicyclic amines) is 1. The van der Waals surface area contributed by atoms with Crippen molar-refractivity contribution in [2.75, 3.05) is 13.1 Å². The average Bonchev–Trinajstić information content (AvgIpc) is 3.33. The molecule has 5 heterocycles. The number of rotatable bonds is 3. The molecular formula is C22H22N6O3S. The van der Waals surface area contributed by atoms with Gasteiger partial charge >= 0.3 is 5.69 Å². The fraction of sp³-hybridized carbons (Fsp3) is 0.318. The van der Waals surface area contributed by atoms with E-state index in [-0.39, 0.29) is 11.9 Å². The summed E-state index contributed by atoms with van der Waals surface area (Å²) in [4.78, 5) is 51.2. The Bertz CT molecular complexity index is 1430. The number of pyridine rings is 2. The van der Waals surface area contributed by atoms with Crippen LogP contribution >= 0.6 is 11.3 Å². The van der Waals surface area contributed by atoms with Crippen LogP contribution in [-0.2, 0) is 4.79 Å². The minimum Gasteiger partial charge on any atom is -0.341 e. The number of nitrogens with one attached hydrogen (secondary N) is 1. The lowest BCUT2D eigenvalue weighted by Crippen LogP contribution is -2.47. The number of hydrogen-bond acceptors (Lipinski definition) is 7. The number of carbonyl (C=O) groups excluding carboxylic acids is 1. The Morgan fingerprint density at radius 1 is 1.25 bits per heavy atom. The number of thiophene rings is 1. The SMILES string of the molecule is C[C@H](N)C(=O)N1CCC(n2c(=O)[nH]c(=O)c3cnc4ccc(-c5ccsc5)nc4c32)CC1. The topological polar surface area (TPSA) is 127 Å². The Labute approximate surface area is 186 Å². The quantitative estimate of drug-likeness (QED) is 0.459. The van der Waals surface area contributed by atoms with E-state index in [0.29, 0.717) is 47.9 Å². The van der Waals surface area contributed by atoms with Crippen molar-refractivity contribution >= 4 is 39.2 Å². The summed E-state index contributed by atoms with van der Waals surface area (Å²) in [7, 11) is 0. The number of aromatic amines is 1. The first-order valence-electron chi connectivity index (χ1n) is 10.5. The van der Waals surface area contributed by atoms with E-state index in [4.69, 9.17) is 10.7 Å². The zero-order valence-electron chi connectivity index (χ0n) is 17.4. The van der Waals surface area contributed by atoms with Crippen LogP contribution in [0, 0.1) is 0 Å². The molecule has 164 valence electrons. The van der Waals surface area contributed by atoms with Gasteiger partial charge in [0.25, 0.3) is 5.56 Å². The number of piperidine rings is 1. The van der Waals surface area contributed by atoms with E-state index in [1.165, 1.54) is 6.20 Å². The predicted octanol–water partition coefficient (Wildman–Crippen LogP) is 1.87. The van der Waals surface area contributed by atoms with Gasteiger partial charge in [-0.05, 0) is 43.3 Å². The lowest BCUT2D eigenvalue weighted by atomic mass is 10.0. The number of carbonyl (C=O) groups is 1. The van der Waals surface area contributed by atoms with Gasteiger partial charge in [0.1, 0.15) is 5.52 Å². The highest BCUT2D eigenvalue weighted by Gasteiger charge is 2.28. The molecule has 1 aliphatic heterocycles. The summed E-state index contributed by atoms with van der Waals surface area (Å²) in [6, 6.07) is 4.97. The van der Waals surface area contributed by atoms with Crippen molar-refractivity contribution in [1.29, 1.82) is 0 Å². The molecule has 0 aromatic carbocycles. The van der Waals surface area contributed by atoms with E-state index in [9.17, 15) is 14.4 Å². The van der Waals surface area contributed by atoms with Gasteiger partial charge in [-0.1, -0.05) is 0 Å². The molecule has 4 aromatic rings. The van der Waals surface area contributed by atoms with Gasteiger partial charge in [0.05, 0.1) is 28.2 Å². The second-order valence-corrected chi connectivity index (χ2v) is 8.85. The van der Waals surface area contributed by atoms with E-state index < -0.39 is 17.3 Å². The molecule has 0 unspecified atom stereocenters. The van der Waals surface area contributed by atoms with Crippen LogP contribution < -0.4 is 17.0 Å². The maximum absolute atomic E-state index is 13.0. The van der Waals surface area contributed by atoms with Crippen molar-refractivity contribution in [2.24, 2.45) is 5.73 Å². The molecular weight excluding hydrogens is 428 g/mol. The molecule has 5 rings (SSSR count). The summed E-state index contributed by atoms with van der Waals surface area (Å²) in [5, 5.41) is 4.29. The molecule has 1 saturated heterocycles. The minimum atomic E-state index is -0.557. The summed E-state index contributed by atoms with van der Waals surface area (Å²) in [5.41, 5.74) is 8.12. The van der Waals surface area contributed by atoms with E-state index in [2.05, 4.69) is 9.97 Å². The van der Waals surface area contributed by atoms with Crippen molar-refractivity contribution < 1.29 is 4.79 Å². The predicted molar refractivity (Wildman–Crippen MR) is 124 cm³/mol. The molecule has 0 saturated carbocycles. The van der Waals surface area contributed by atoms with Gasteiger partial charge in [-0.25, -0.2) is 9.78 Å². The Balaban J connectivity index is 1.67. The van der Waals surface area contributed by atoms with Crippen molar-refractivity contribution in [1.82, 2.24) is 24.4 Å². The fourth-order valence-electron chi connectivity index (χ4n) is 4.34. The molecule has 9 nitrogen and oxygen atoms in total. The van der Waals surface area contributed by atoms with E-state index in [1.807, 2.05) is 29.0 Å². The van der Waals surface area contributed by atoms with Gasteiger partial charge in [0.2, 0.25) is 5.91 Å². The average molecular weight is 451 g/mol. The largest absolute Gasteiger partial charge is 0.341 e. The van der Waals surface area contributed by atoms with Crippen LogP contribution in [0.1, 0.15) is 25.8 Å². The van der Waals surface area contributed by atoms with Crippen LogP contribution in [0.4, 0.5) is 0 Å². The molecule has 1 fully saturated rings. The van der Waals surface area contributed by atoms with Crippen molar-refractivity contribution in [2.45, 2.75) is 31.8 Å². The van der Waals surface area contributed by atoms with Gasteiger partial charge in [-0.15, -0.1) is 0 Å². The number of amides is 1. The number of nitrogens with zero attached hydrogens (tertiary/aromatic N) is 4. The van der Waals surface area contributed by atoms with Crippen LogP contribution in [0.15, 0.2) is 44.7 Å². The summed E-state index contributed by atoms with van der Waals surface area (Å²) in [5.74, 6) is -0.0983. The normalized spacial score (nSPS) is 16.0. The Hall–Kier alpha value is -3.37. The molecule has 3 N–H and O–H groups in total. The highest BCUT2D eigenvalue weighted by atomic mass is 32.1. The van der Waals surface area contributed by atoms with E-state index in [1.54, 1.807) is 27.7 Å². The smallest absolute Gasteiger partial charge is 0.329 e. The third-order valence-electron chi connectivity index (χ3n) is 5.96. The van der Waals surface area contributed by atoms with Crippen LogP contribution in [0.25, 0.3) is 33.2 Å². The lowest BCUT2D eigenvalue weighted by Gasteiger charge is -2.34. The highest BCUT2D eigenvalue weighted by molar-refractivity contribution is 7.08. The number of fused-ring (bicyclic) bond motifs is 3. The molecule has 32 heavy (non-hydrogen) atoms. The molecule has 0 aliphatic carbocycles. The Kier molecular flexibility index (Phi) is 5.10. The van der Waals surface area contributed by atoms with Crippen LogP contribution in [0.5, 0.6) is 0 Å². The van der Waals surface area contributed by atoms with E-state index in [0.717, 1.165) is 11.3 Å². The third-order valence-corrected chi connectivity index (χ3v) is 6.64. The van der Waals surface area contributed by atoms with Gasteiger partial charge in [0.15, 0.2) is 0 Å². The maximum atomic E-state index is 13.0. The molecule has 1 amide bonds. The standard InChI is InChI=1S/C22H22N6O3S/c1-12(23)21(30)27-7-4-14(5-8-27)28-19-15(20(29)26-22(28)31)10-24-17-3-2-16(25-18(17)19)13-6-9-32-11-13/h2-3,6,9-12,14H,4-5,7-8,23H2,1H3,(H,26,29,31)/t12-/m0/s1. The zero-order valence-corrected chi connectivity index (χ0v) is 18.3. The Morgan fingerprint density at radius 3 is 2.72 bits per heavy atom. The van der Waals surface area contributed by atoms with Crippen molar-refractivity contribution in [3.8, 4) is 11.3 Å². The third kappa shape index (κ3) is 3.41. The monoisotopic (exact) mass is 450 g/mol. The summed E-state index contributed by atoms with van der Waals surface area (Å²) >= 11 is 1.57. The van der Waals surface area contributed by atoms with Crippen LogP contribution in [0.3, 0.4) is 0 Å². The van der Waals surface area contributed by atoms with Gasteiger partial charge in [-0.2, -0.15) is 11.3 Å². The second kappa shape index (κ2) is 7.95. The van der Waals surface area contributed by atoms with Gasteiger partial charge < -0.3 is 10.6 Å². The van der Waals surface area contributed by atoms with Gasteiger partial charge in [-0.3, -0.25) is 24.1 Å². The fourth-order valence-corrected chi connectivity index (χ4v) is 4.99. The van der Waals surface area contributed by atoms with Crippen molar-refractivity contribution in [3.05, 3.63) is 56.0 Å². The molecule has 4 aromatic heterocycles. The second-order valence-electron chi connectivity index (χ2n) is 8.07. The van der Waals surface area contributed by atoms with Crippen LogP contribution in [0.2, 0.25) is 0 Å². The lowest BCUT2D eigenvalue weighted by molar-refractivity contribution is -0.133. The number of H-pyrrole nitrogens is 1. The molecule has 0 bridgehead atoms. The molecule has 0 radical (unpaired) electrons. The van der Waals surface area contributed by atoms with Crippen molar-refractivity contribution in [3.63, 3.8) is 0 Å². The Morgan fingerprint density at radius 2 is 2.03 bits per heavy atom. The highest BCUT2D eigenvalue weighted by Crippen LogP contribution is 2.29. The molecule has 1 atom stereocenters. The number of nitrogens with two attached hydrogens (primary N) is 1. The molecule has 10 heteroatoms. The van der Waals surface area contributed by atoms with Gasteiger partial charge in [0, 0.05) is 36.3 Å². The first-order valence-corrected chi connectivity index (χ1v) is 11.4. The van der Waals surface area contributed by atoms with Crippen LogP contribution in [-0.4, -0.2) is 49.5 Å². The summed E-state index contributed by atoms with van der Waals surface area (Å²) < 4.78 is 1.62. The first kappa shape index (κ1) is 20.5.